The van der Waals surface area contributed by atoms with Crippen LogP contribution >= 0.6 is 11.3 Å². The summed E-state index contributed by atoms with van der Waals surface area (Å²) in [6.45, 7) is 0. The van der Waals surface area contributed by atoms with Crippen LogP contribution in [0, 0.1) is 0 Å². The molecule has 0 spiro atoms. The Labute approximate surface area is 215 Å². The second kappa shape index (κ2) is 7.00. The zero-order valence-electron chi connectivity index (χ0n) is 19.7. The molecule has 0 saturated carbocycles. The van der Waals surface area contributed by atoms with E-state index in [1.54, 1.807) is 0 Å². The van der Waals surface area contributed by atoms with Crippen LogP contribution in [0.3, 0.4) is 0 Å². The number of hydrogen-bond donors (Lipinski definition) is 0. The van der Waals surface area contributed by atoms with Crippen molar-refractivity contribution in [2.75, 3.05) is 0 Å². The molecule has 9 rings (SSSR count). The Morgan fingerprint density at radius 1 is 0.486 bits per heavy atom. The monoisotopic (exact) mass is 489 g/mol. The average molecular weight is 490 g/mol. The Kier molecular flexibility index (Phi) is 3.70. The smallest absolute Gasteiger partial charge is 0.135 e. The summed E-state index contributed by atoms with van der Waals surface area (Å²) in [4.78, 5) is 0. The molecule has 3 heterocycles. The Bertz CT molecular complexity index is 2370. The molecule has 0 atom stereocenters. The van der Waals surface area contributed by atoms with Crippen molar-refractivity contribution < 1.29 is 4.42 Å². The first-order chi connectivity index (χ1) is 18.3. The van der Waals surface area contributed by atoms with Gasteiger partial charge in [0, 0.05) is 47.4 Å². The van der Waals surface area contributed by atoms with Crippen molar-refractivity contribution in [1.29, 1.82) is 0 Å². The lowest BCUT2D eigenvalue weighted by atomic mass is 10.0. The van der Waals surface area contributed by atoms with Crippen molar-refractivity contribution in [2.45, 2.75) is 0 Å². The average Bonchev–Trinajstić information content (AvgIpc) is 3.61. The molecular formula is C34H19NOS. The van der Waals surface area contributed by atoms with Gasteiger partial charge in [-0.25, -0.2) is 0 Å². The molecule has 0 aliphatic carbocycles. The van der Waals surface area contributed by atoms with E-state index in [2.05, 4.69) is 108 Å². The van der Waals surface area contributed by atoms with Crippen molar-refractivity contribution >= 4 is 86.0 Å². The molecule has 0 unspecified atom stereocenters. The van der Waals surface area contributed by atoms with Gasteiger partial charge in [-0.05, 0) is 65.4 Å². The molecule has 0 fully saturated rings. The van der Waals surface area contributed by atoms with Gasteiger partial charge >= 0.3 is 0 Å². The molecule has 2 nitrogen and oxygen atoms in total. The molecule has 3 heteroatoms. The highest BCUT2D eigenvalue weighted by Gasteiger charge is 2.17. The first kappa shape index (κ1) is 19.6. The number of hydrogen-bond acceptors (Lipinski definition) is 2. The summed E-state index contributed by atoms with van der Waals surface area (Å²) in [5.74, 6) is 0. The third-order valence-corrected chi connectivity index (χ3v) is 8.90. The summed E-state index contributed by atoms with van der Waals surface area (Å²) in [6.07, 6.45) is 0. The van der Waals surface area contributed by atoms with E-state index in [0.29, 0.717) is 0 Å². The van der Waals surface area contributed by atoms with Crippen LogP contribution in [0.25, 0.3) is 80.4 Å². The van der Waals surface area contributed by atoms with Crippen LogP contribution in [0.15, 0.2) is 120 Å². The van der Waals surface area contributed by atoms with Crippen LogP contribution in [0.1, 0.15) is 0 Å². The number of thiophene rings is 1. The summed E-state index contributed by atoms with van der Waals surface area (Å²) in [5.41, 5.74) is 5.43. The van der Waals surface area contributed by atoms with Crippen LogP contribution in [0.5, 0.6) is 0 Å². The van der Waals surface area contributed by atoms with Gasteiger partial charge in [0.1, 0.15) is 11.2 Å². The number of benzene rings is 6. The van der Waals surface area contributed by atoms with Crippen molar-refractivity contribution in [1.82, 2.24) is 4.57 Å². The maximum atomic E-state index is 6.12. The van der Waals surface area contributed by atoms with E-state index in [9.17, 15) is 0 Å². The third-order valence-electron chi connectivity index (χ3n) is 7.77. The number of aromatic nitrogens is 1. The van der Waals surface area contributed by atoms with E-state index >= 15 is 0 Å². The fourth-order valence-corrected chi connectivity index (χ4v) is 7.26. The largest absolute Gasteiger partial charge is 0.456 e. The SMILES string of the molecule is c1ccc2c(c1)oc1ccc(-n3c4ccccc4c4cc5c(ccc6sc7ccccc7c65)cc43)cc12. The van der Waals surface area contributed by atoms with Gasteiger partial charge in [0.15, 0.2) is 0 Å². The van der Waals surface area contributed by atoms with Crippen molar-refractivity contribution in [2.24, 2.45) is 0 Å². The van der Waals surface area contributed by atoms with E-state index in [-0.39, 0.29) is 0 Å². The molecule has 3 aromatic heterocycles. The predicted octanol–water partition coefficient (Wildman–Crippen LogP) is 10.2. The molecule has 0 bridgehead atoms. The molecule has 0 amide bonds. The van der Waals surface area contributed by atoms with E-state index in [1.807, 2.05) is 23.5 Å². The van der Waals surface area contributed by atoms with E-state index in [4.69, 9.17) is 4.42 Å². The second-order valence-electron chi connectivity index (χ2n) is 9.76. The van der Waals surface area contributed by atoms with Gasteiger partial charge in [0.2, 0.25) is 0 Å². The van der Waals surface area contributed by atoms with Gasteiger partial charge in [-0.15, -0.1) is 11.3 Å². The fourth-order valence-electron chi connectivity index (χ4n) is 6.14. The summed E-state index contributed by atoms with van der Waals surface area (Å²) in [5, 5.41) is 10.1. The lowest BCUT2D eigenvalue weighted by Gasteiger charge is -2.09. The third kappa shape index (κ3) is 2.59. The highest BCUT2D eigenvalue weighted by Crippen LogP contribution is 2.42. The number of nitrogens with zero attached hydrogens (tertiary/aromatic N) is 1. The Balaban J connectivity index is 1.42. The number of para-hydroxylation sites is 2. The molecule has 37 heavy (non-hydrogen) atoms. The number of furan rings is 1. The molecule has 0 saturated heterocycles. The quantitative estimate of drug-likeness (QED) is 0.224. The van der Waals surface area contributed by atoms with Crippen molar-refractivity contribution in [3.63, 3.8) is 0 Å². The summed E-state index contributed by atoms with van der Waals surface area (Å²) >= 11 is 1.88. The standard InChI is InChI=1S/C34H19NOS/c1-4-10-28-22(7-1)26-19-25-20(13-16-33-34(25)24-9-3-6-12-32(24)37-33)17-29(26)35(28)21-14-15-31-27(18-21)23-8-2-5-11-30(23)36-31/h1-19H. The number of fused-ring (bicyclic) bond motifs is 11. The van der Waals surface area contributed by atoms with Gasteiger partial charge in [0.25, 0.3) is 0 Å². The van der Waals surface area contributed by atoms with Gasteiger partial charge in [-0.3, -0.25) is 0 Å². The maximum absolute atomic E-state index is 6.12. The topological polar surface area (TPSA) is 18.1 Å². The van der Waals surface area contributed by atoms with Crippen LogP contribution < -0.4 is 0 Å². The molecule has 0 aliphatic heterocycles. The van der Waals surface area contributed by atoms with E-state index in [1.165, 1.54) is 52.8 Å². The molecule has 172 valence electrons. The zero-order chi connectivity index (χ0) is 24.1. The highest BCUT2D eigenvalue weighted by atomic mass is 32.1. The minimum atomic E-state index is 0.919. The summed E-state index contributed by atoms with van der Waals surface area (Å²) in [6, 6.07) is 41.7. The van der Waals surface area contributed by atoms with Crippen molar-refractivity contribution in [3.05, 3.63) is 115 Å². The molecule has 6 aromatic carbocycles. The van der Waals surface area contributed by atoms with Crippen LogP contribution in [0.2, 0.25) is 0 Å². The lowest BCUT2D eigenvalue weighted by Crippen LogP contribution is -1.93. The van der Waals surface area contributed by atoms with Gasteiger partial charge in [-0.2, -0.15) is 0 Å². The predicted molar refractivity (Wildman–Crippen MR) is 158 cm³/mol. The minimum absolute atomic E-state index is 0.919. The fraction of sp³-hybridized carbons (Fsp3) is 0. The lowest BCUT2D eigenvalue weighted by molar-refractivity contribution is 0.669. The molecule has 0 radical (unpaired) electrons. The van der Waals surface area contributed by atoms with Gasteiger partial charge in [-0.1, -0.05) is 60.7 Å². The second-order valence-corrected chi connectivity index (χ2v) is 10.8. The Hall–Kier alpha value is -4.60. The van der Waals surface area contributed by atoms with Gasteiger partial charge in [0.05, 0.1) is 11.0 Å². The highest BCUT2D eigenvalue weighted by molar-refractivity contribution is 7.26. The van der Waals surface area contributed by atoms with Crippen LogP contribution in [-0.2, 0) is 0 Å². The molecule has 9 aromatic rings. The Morgan fingerprint density at radius 3 is 2.22 bits per heavy atom. The first-order valence-electron chi connectivity index (χ1n) is 12.5. The summed E-state index contributed by atoms with van der Waals surface area (Å²) in [7, 11) is 0. The molecule has 0 aliphatic rings. The number of rotatable bonds is 1. The van der Waals surface area contributed by atoms with E-state index < -0.39 is 0 Å². The maximum Gasteiger partial charge on any atom is 0.135 e. The van der Waals surface area contributed by atoms with Crippen LogP contribution in [0.4, 0.5) is 0 Å². The normalized spacial score (nSPS) is 12.3. The Morgan fingerprint density at radius 2 is 1.27 bits per heavy atom. The summed E-state index contributed by atoms with van der Waals surface area (Å²) < 4.78 is 11.2. The molecular weight excluding hydrogens is 470 g/mol. The first-order valence-corrected chi connectivity index (χ1v) is 13.3. The molecule has 0 N–H and O–H groups in total. The zero-order valence-corrected chi connectivity index (χ0v) is 20.5. The van der Waals surface area contributed by atoms with Crippen LogP contribution in [-0.4, -0.2) is 4.57 Å². The van der Waals surface area contributed by atoms with Crippen molar-refractivity contribution in [3.8, 4) is 5.69 Å². The van der Waals surface area contributed by atoms with E-state index in [0.717, 1.165) is 27.6 Å². The minimum Gasteiger partial charge on any atom is -0.456 e. The van der Waals surface area contributed by atoms with Gasteiger partial charge < -0.3 is 8.98 Å².